The highest BCUT2D eigenvalue weighted by Gasteiger charge is 2.27. The second kappa shape index (κ2) is 7.93. The van der Waals surface area contributed by atoms with E-state index in [2.05, 4.69) is 17.4 Å². The summed E-state index contributed by atoms with van der Waals surface area (Å²) in [6.45, 7) is 4.33. The van der Waals surface area contributed by atoms with Crippen LogP contribution in [0.4, 0.5) is 0 Å². The number of carbonyl (C=O) groups is 1. The molecule has 2 rings (SSSR count). The maximum atomic E-state index is 12.5. The van der Waals surface area contributed by atoms with E-state index < -0.39 is 10.0 Å². The fraction of sp³-hybridized carbons (Fsp3) is 0.588. The van der Waals surface area contributed by atoms with Gasteiger partial charge in [0, 0.05) is 13.1 Å². The van der Waals surface area contributed by atoms with E-state index in [4.69, 9.17) is 0 Å². The van der Waals surface area contributed by atoms with Gasteiger partial charge < -0.3 is 5.32 Å². The van der Waals surface area contributed by atoms with Crippen molar-refractivity contribution >= 4 is 15.9 Å². The predicted molar refractivity (Wildman–Crippen MR) is 91.8 cm³/mol. The first-order valence-corrected chi connectivity index (χ1v) is 9.91. The number of nitrogens with one attached hydrogen (secondary N) is 1. The van der Waals surface area contributed by atoms with Crippen LogP contribution >= 0.6 is 0 Å². The number of nitrogens with zero attached hydrogens (tertiary/aromatic N) is 1. The molecular weight excluding hydrogens is 312 g/mol. The average molecular weight is 338 g/mol. The standard InChI is InChI=1S/C17H26N2O3S/c1-3-18-17(20)13-19(4-2)23(21,22)12-11-15-10-9-14-7-5-6-8-16(14)15/h5-8,15H,3-4,9-13H2,1-2H3,(H,18,20). The summed E-state index contributed by atoms with van der Waals surface area (Å²) in [5, 5.41) is 2.65. The van der Waals surface area contributed by atoms with Gasteiger partial charge in [0.15, 0.2) is 0 Å². The molecule has 1 aromatic carbocycles. The summed E-state index contributed by atoms with van der Waals surface area (Å²) < 4.78 is 26.3. The molecule has 1 aromatic rings. The van der Waals surface area contributed by atoms with E-state index in [1.165, 1.54) is 15.4 Å². The zero-order valence-corrected chi connectivity index (χ0v) is 14.7. The number of fused-ring (bicyclic) bond motifs is 1. The molecule has 5 nitrogen and oxygen atoms in total. The Morgan fingerprint density at radius 3 is 2.74 bits per heavy atom. The number of benzene rings is 1. The number of sulfonamides is 1. The zero-order chi connectivity index (χ0) is 16.9. The molecule has 1 aliphatic rings. The monoisotopic (exact) mass is 338 g/mol. The first kappa shape index (κ1) is 17.9. The lowest BCUT2D eigenvalue weighted by atomic mass is 9.99. The van der Waals surface area contributed by atoms with Gasteiger partial charge in [-0.05, 0) is 43.2 Å². The SMILES string of the molecule is CCNC(=O)CN(CC)S(=O)(=O)CCC1CCc2ccccc21. The first-order chi connectivity index (χ1) is 11.0. The highest BCUT2D eigenvalue weighted by molar-refractivity contribution is 7.89. The third-order valence-electron chi connectivity index (χ3n) is 4.42. The minimum Gasteiger partial charge on any atom is -0.355 e. The molecule has 0 spiro atoms. The van der Waals surface area contributed by atoms with Crippen LogP contribution in [-0.2, 0) is 21.2 Å². The Hall–Kier alpha value is -1.40. The molecule has 6 heteroatoms. The van der Waals surface area contributed by atoms with Gasteiger partial charge in [-0.1, -0.05) is 31.2 Å². The number of amides is 1. The summed E-state index contributed by atoms with van der Waals surface area (Å²) in [6, 6.07) is 8.27. The molecule has 128 valence electrons. The average Bonchev–Trinajstić information content (AvgIpc) is 2.94. The van der Waals surface area contributed by atoms with E-state index in [0.717, 1.165) is 12.8 Å². The van der Waals surface area contributed by atoms with Crippen LogP contribution in [-0.4, -0.2) is 44.0 Å². The normalized spacial score (nSPS) is 17.3. The molecule has 0 aromatic heterocycles. The predicted octanol–water partition coefficient (Wildman–Crippen LogP) is 1.89. The molecule has 0 heterocycles. The Morgan fingerprint density at radius 1 is 1.30 bits per heavy atom. The molecule has 1 amide bonds. The van der Waals surface area contributed by atoms with Crippen molar-refractivity contribution in [1.29, 1.82) is 0 Å². The molecule has 0 saturated carbocycles. The third-order valence-corrected chi connectivity index (χ3v) is 6.35. The lowest BCUT2D eigenvalue weighted by Gasteiger charge is -2.21. The van der Waals surface area contributed by atoms with Crippen LogP contribution in [0, 0.1) is 0 Å². The van der Waals surface area contributed by atoms with Crippen LogP contribution in [0.3, 0.4) is 0 Å². The summed E-state index contributed by atoms with van der Waals surface area (Å²) >= 11 is 0. The lowest BCUT2D eigenvalue weighted by Crippen LogP contribution is -2.41. The highest BCUT2D eigenvalue weighted by Crippen LogP contribution is 2.35. The van der Waals surface area contributed by atoms with Crippen LogP contribution in [0.2, 0.25) is 0 Å². The van der Waals surface area contributed by atoms with E-state index in [9.17, 15) is 13.2 Å². The minimum absolute atomic E-state index is 0.0894. The van der Waals surface area contributed by atoms with E-state index in [0.29, 0.717) is 25.4 Å². The van der Waals surface area contributed by atoms with Crippen LogP contribution in [0.15, 0.2) is 24.3 Å². The van der Waals surface area contributed by atoms with Gasteiger partial charge in [-0.25, -0.2) is 8.42 Å². The summed E-state index contributed by atoms with van der Waals surface area (Å²) in [5.74, 6) is 0.160. The van der Waals surface area contributed by atoms with Crippen molar-refractivity contribution in [3.05, 3.63) is 35.4 Å². The molecule has 0 saturated heterocycles. The Bertz CT molecular complexity index is 643. The first-order valence-electron chi connectivity index (χ1n) is 8.30. The van der Waals surface area contributed by atoms with Crippen LogP contribution in [0.5, 0.6) is 0 Å². The Kier molecular flexibility index (Phi) is 6.18. The molecule has 1 N–H and O–H groups in total. The van der Waals surface area contributed by atoms with E-state index in [1.807, 2.05) is 19.1 Å². The lowest BCUT2D eigenvalue weighted by molar-refractivity contribution is -0.121. The number of likely N-dealkylation sites (N-methyl/N-ethyl adjacent to an activating group) is 2. The van der Waals surface area contributed by atoms with E-state index in [-0.39, 0.29) is 18.2 Å². The minimum atomic E-state index is -3.40. The Morgan fingerprint density at radius 2 is 2.04 bits per heavy atom. The van der Waals surface area contributed by atoms with Gasteiger partial charge in [0.1, 0.15) is 0 Å². The van der Waals surface area contributed by atoms with Gasteiger partial charge >= 0.3 is 0 Å². The molecule has 0 fully saturated rings. The van der Waals surface area contributed by atoms with Gasteiger partial charge in [-0.3, -0.25) is 4.79 Å². The van der Waals surface area contributed by atoms with Gasteiger partial charge in [0.05, 0.1) is 12.3 Å². The summed E-state index contributed by atoms with van der Waals surface area (Å²) in [6.07, 6.45) is 2.65. The van der Waals surface area contributed by atoms with Crippen molar-refractivity contribution in [2.24, 2.45) is 0 Å². The fourth-order valence-corrected chi connectivity index (χ4v) is 4.73. The molecule has 1 aliphatic carbocycles. The van der Waals surface area contributed by atoms with E-state index in [1.54, 1.807) is 6.92 Å². The van der Waals surface area contributed by atoms with Crippen molar-refractivity contribution in [3.63, 3.8) is 0 Å². The van der Waals surface area contributed by atoms with Crippen molar-refractivity contribution in [3.8, 4) is 0 Å². The van der Waals surface area contributed by atoms with Crippen molar-refractivity contribution < 1.29 is 13.2 Å². The van der Waals surface area contributed by atoms with Gasteiger partial charge in [-0.2, -0.15) is 4.31 Å². The largest absolute Gasteiger partial charge is 0.355 e. The second-order valence-corrected chi connectivity index (χ2v) is 8.01. The summed E-state index contributed by atoms with van der Waals surface area (Å²) in [4.78, 5) is 11.7. The maximum absolute atomic E-state index is 12.5. The van der Waals surface area contributed by atoms with Crippen LogP contribution in [0.1, 0.15) is 43.7 Å². The molecular formula is C17H26N2O3S. The fourth-order valence-electron chi connectivity index (χ4n) is 3.19. The Balaban J connectivity index is 1.97. The highest BCUT2D eigenvalue weighted by atomic mass is 32.2. The van der Waals surface area contributed by atoms with Crippen molar-refractivity contribution in [2.75, 3.05) is 25.4 Å². The number of aryl methyl sites for hydroxylation is 1. The Labute approximate surface area is 139 Å². The van der Waals surface area contributed by atoms with Gasteiger partial charge in [-0.15, -0.1) is 0 Å². The maximum Gasteiger partial charge on any atom is 0.235 e. The molecule has 0 radical (unpaired) electrons. The number of rotatable bonds is 8. The van der Waals surface area contributed by atoms with Crippen molar-refractivity contribution in [2.45, 2.75) is 39.0 Å². The molecule has 1 unspecified atom stereocenters. The third kappa shape index (κ3) is 4.54. The number of hydrogen-bond acceptors (Lipinski definition) is 3. The smallest absolute Gasteiger partial charge is 0.235 e. The van der Waals surface area contributed by atoms with Gasteiger partial charge in [0.25, 0.3) is 0 Å². The van der Waals surface area contributed by atoms with E-state index >= 15 is 0 Å². The molecule has 1 atom stereocenters. The number of hydrogen-bond donors (Lipinski definition) is 1. The number of carbonyl (C=O) groups excluding carboxylic acids is 1. The zero-order valence-electron chi connectivity index (χ0n) is 13.9. The van der Waals surface area contributed by atoms with Gasteiger partial charge in [0.2, 0.25) is 15.9 Å². The van der Waals surface area contributed by atoms with Crippen molar-refractivity contribution in [1.82, 2.24) is 9.62 Å². The quantitative estimate of drug-likeness (QED) is 0.787. The molecule has 23 heavy (non-hydrogen) atoms. The molecule has 0 aliphatic heterocycles. The topological polar surface area (TPSA) is 66.5 Å². The second-order valence-electron chi connectivity index (χ2n) is 5.92. The molecule has 0 bridgehead atoms. The summed E-state index contributed by atoms with van der Waals surface area (Å²) in [7, 11) is -3.40. The summed E-state index contributed by atoms with van der Waals surface area (Å²) in [5.41, 5.74) is 2.62. The van der Waals surface area contributed by atoms with Crippen LogP contribution in [0.25, 0.3) is 0 Å². The van der Waals surface area contributed by atoms with Crippen LogP contribution < -0.4 is 5.32 Å².